The van der Waals surface area contributed by atoms with Crippen molar-refractivity contribution in [2.24, 2.45) is 0 Å². The van der Waals surface area contributed by atoms with Crippen LogP contribution in [0.3, 0.4) is 0 Å². The molecule has 5 rings (SSSR count). The van der Waals surface area contributed by atoms with Gasteiger partial charge in [0.05, 0.1) is 17.1 Å². The monoisotopic (exact) mass is 466 g/mol. The molecular weight excluding hydrogens is 432 g/mol. The van der Waals surface area contributed by atoms with Gasteiger partial charge in [-0.05, 0) is 62.1 Å². The van der Waals surface area contributed by atoms with Gasteiger partial charge in [0.2, 0.25) is 6.79 Å². The lowest BCUT2D eigenvalue weighted by Crippen LogP contribution is -2.40. The Morgan fingerprint density at radius 1 is 1.18 bits per heavy atom. The molecule has 0 unspecified atom stereocenters. The van der Waals surface area contributed by atoms with E-state index in [-0.39, 0.29) is 23.9 Å². The van der Waals surface area contributed by atoms with Crippen molar-refractivity contribution in [3.05, 3.63) is 39.9 Å². The normalized spacial score (nSPS) is 17.2. The van der Waals surface area contributed by atoms with Crippen molar-refractivity contribution < 1.29 is 9.47 Å². The zero-order valence-corrected chi connectivity index (χ0v) is 20.5. The molecule has 2 aliphatic rings. The fourth-order valence-electron chi connectivity index (χ4n) is 5.23. The summed E-state index contributed by atoms with van der Waals surface area (Å²) >= 11 is 0. The van der Waals surface area contributed by atoms with E-state index >= 15 is 0 Å². The minimum absolute atomic E-state index is 0.0239. The molecular formula is C25H34N6O3. The van der Waals surface area contributed by atoms with E-state index in [2.05, 4.69) is 53.1 Å². The van der Waals surface area contributed by atoms with Gasteiger partial charge >= 0.3 is 0 Å². The van der Waals surface area contributed by atoms with Crippen LogP contribution in [0.1, 0.15) is 83.6 Å². The number of hydrogen-bond acceptors (Lipinski definition) is 7. The van der Waals surface area contributed by atoms with Gasteiger partial charge in [0.1, 0.15) is 0 Å². The van der Waals surface area contributed by atoms with Crippen LogP contribution in [0.4, 0.5) is 0 Å². The predicted octanol–water partition coefficient (Wildman–Crippen LogP) is 4.28. The molecule has 0 amide bonds. The Hall–Kier alpha value is -2.94. The van der Waals surface area contributed by atoms with Crippen molar-refractivity contribution in [1.29, 1.82) is 0 Å². The van der Waals surface area contributed by atoms with E-state index in [0.717, 1.165) is 48.0 Å². The molecule has 0 saturated heterocycles. The van der Waals surface area contributed by atoms with Gasteiger partial charge < -0.3 is 14.5 Å². The minimum Gasteiger partial charge on any atom is -0.454 e. The van der Waals surface area contributed by atoms with E-state index in [1.54, 1.807) is 0 Å². The zero-order valence-electron chi connectivity index (χ0n) is 20.5. The molecule has 1 N–H and O–H groups in total. The van der Waals surface area contributed by atoms with Crippen molar-refractivity contribution in [1.82, 2.24) is 30.1 Å². The van der Waals surface area contributed by atoms with Crippen LogP contribution in [0.2, 0.25) is 0 Å². The summed E-state index contributed by atoms with van der Waals surface area (Å²) in [5, 5.41) is 13.9. The number of nitrogens with one attached hydrogen (secondary N) is 1. The van der Waals surface area contributed by atoms with Gasteiger partial charge in [-0.2, -0.15) is 0 Å². The molecule has 3 aromatic rings. The molecule has 1 aliphatic carbocycles. The molecule has 1 saturated carbocycles. The van der Waals surface area contributed by atoms with Crippen LogP contribution in [-0.4, -0.2) is 42.9 Å². The number of tetrazole rings is 1. The van der Waals surface area contributed by atoms with Gasteiger partial charge in [0.15, 0.2) is 17.3 Å². The molecule has 34 heavy (non-hydrogen) atoms. The van der Waals surface area contributed by atoms with Gasteiger partial charge in [-0.15, -0.1) is 5.10 Å². The third kappa shape index (κ3) is 4.06. The quantitative estimate of drug-likeness (QED) is 0.529. The average molecular weight is 467 g/mol. The maximum Gasteiger partial charge on any atom is 0.252 e. The van der Waals surface area contributed by atoms with Crippen molar-refractivity contribution in [3.8, 4) is 11.5 Å². The largest absolute Gasteiger partial charge is 0.454 e. The van der Waals surface area contributed by atoms with Crippen LogP contribution >= 0.6 is 0 Å². The van der Waals surface area contributed by atoms with E-state index in [0.29, 0.717) is 24.1 Å². The van der Waals surface area contributed by atoms with E-state index in [1.165, 1.54) is 12.8 Å². The molecule has 0 bridgehead atoms. The van der Waals surface area contributed by atoms with E-state index < -0.39 is 0 Å². The van der Waals surface area contributed by atoms with E-state index in [9.17, 15) is 4.79 Å². The number of rotatable bonds is 8. The van der Waals surface area contributed by atoms with Gasteiger partial charge in [-0.25, -0.2) is 4.68 Å². The van der Waals surface area contributed by atoms with Gasteiger partial charge in [-0.3, -0.25) is 9.69 Å². The standard InChI is InChI=1S/C25H34N6O3/c1-5-20(23-27-28-29-31(23)25(3,4)6-2)30(18-9-7-8-10-18)14-17-11-16-12-21-22(34-15-33-21)13-19(16)26-24(17)32/h11-13,18,20H,5-10,14-15H2,1-4H3,(H,26,32)/t20-/m0/s1. The van der Waals surface area contributed by atoms with Crippen molar-refractivity contribution in [2.45, 2.75) is 90.4 Å². The number of pyridine rings is 1. The highest BCUT2D eigenvalue weighted by Gasteiger charge is 2.35. The van der Waals surface area contributed by atoms with Crippen LogP contribution in [0.25, 0.3) is 10.9 Å². The lowest BCUT2D eigenvalue weighted by atomic mass is 10.00. The third-order valence-electron chi connectivity index (χ3n) is 7.58. The average Bonchev–Trinajstić information content (AvgIpc) is 3.59. The highest BCUT2D eigenvalue weighted by molar-refractivity contribution is 5.83. The predicted molar refractivity (Wildman–Crippen MR) is 129 cm³/mol. The highest BCUT2D eigenvalue weighted by atomic mass is 16.7. The summed E-state index contributed by atoms with van der Waals surface area (Å²) in [5.41, 5.74) is 1.24. The number of fused-ring (bicyclic) bond motifs is 2. The Morgan fingerprint density at radius 2 is 1.91 bits per heavy atom. The minimum atomic E-state index is -0.184. The van der Waals surface area contributed by atoms with Crippen LogP contribution < -0.4 is 15.0 Å². The molecule has 2 aromatic heterocycles. The number of aromatic amines is 1. The molecule has 1 aliphatic heterocycles. The van der Waals surface area contributed by atoms with Crippen LogP contribution in [0, 0.1) is 0 Å². The summed E-state index contributed by atoms with van der Waals surface area (Å²) in [6.45, 7) is 9.41. The fourth-order valence-corrected chi connectivity index (χ4v) is 5.23. The summed E-state index contributed by atoms with van der Waals surface area (Å²) in [6.07, 6.45) is 6.45. The number of nitrogens with zero attached hydrogens (tertiary/aromatic N) is 5. The summed E-state index contributed by atoms with van der Waals surface area (Å²) in [4.78, 5) is 18.7. The Labute approximate surface area is 199 Å². The molecule has 182 valence electrons. The third-order valence-corrected chi connectivity index (χ3v) is 7.58. The number of benzene rings is 1. The van der Waals surface area contributed by atoms with E-state index in [1.807, 2.05) is 22.9 Å². The lowest BCUT2D eigenvalue weighted by Gasteiger charge is -2.36. The second kappa shape index (κ2) is 9.02. The number of aromatic nitrogens is 5. The molecule has 9 heteroatoms. The first-order valence-corrected chi connectivity index (χ1v) is 12.4. The van der Waals surface area contributed by atoms with Gasteiger partial charge in [0, 0.05) is 29.6 Å². The molecule has 3 heterocycles. The fraction of sp³-hybridized carbons (Fsp3) is 0.600. The van der Waals surface area contributed by atoms with Crippen molar-refractivity contribution in [3.63, 3.8) is 0 Å². The summed E-state index contributed by atoms with van der Waals surface area (Å²) < 4.78 is 13.0. The number of H-pyrrole nitrogens is 1. The highest BCUT2D eigenvalue weighted by Crippen LogP contribution is 2.37. The first-order valence-electron chi connectivity index (χ1n) is 12.4. The maximum atomic E-state index is 13.2. The summed E-state index contributed by atoms with van der Waals surface area (Å²) in [6, 6.07) is 6.19. The second-order valence-electron chi connectivity index (χ2n) is 10.1. The Bertz CT molecular complexity index is 1230. The van der Waals surface area contributed by atoms with E-state index in [4.69, 9.17) is 9.47 Å². The SMILES string of the molecule is CC[C@@H](c1nnnn1C(C)(C)CC)N(Cc1cc2cc3c(cc2[nH]c1=O)OCO3)C1CCCC1. The Kier molecular flexibility index (Phi) is 6.06. The number of hydrogen-bond donors (Lipinski definition) is 1. The number of ether oxygens (including phenoxy) is 2. The maximum absolute atomic E-state index is 13.2. The summed E-state index contributed by atoms with van der Waals surface area (Å²) in [7, 11) is 0. The van der Waals surface area contributed by atoms with Crippen LogP contribution in [0.15, 0.2) is 23.0 Å². The lowest BCUT2D eigenvalue weighted by molar-refractivity contribution is 0.106. The zero-order chi connectivity index (χ0) is 23.9. The van der Waals surface area contributed by atoms with Crippen molar-refractivity contribution >= 4 is 10.9 Å². The van der Waals surface area contributed by atoms with Gasteiger partial charge in [0.25, 0.3) is 5.56 Å². The smallest absolute Gasteiger partial charge is 0.252 e. The van der Waals surface area contributed by atoms with Gasteiger partial charge in [-0.1, -0.05) is 26.7 Å². The molecule has 0 radical (unpaired) electrons. The van der Waals surface area contributed by atoms with Crippen molar-refractivity contribution in [2.75, 3.05) is 6.79 Å². The molecule has 1 aromatic carbocycles. The Morgan fingerprint density at radius 3 is 2.62 bits per heavy atom. The Balaban J connectivity index is 1.54. The first-order chi connectivity index (χ1) is 16.4. The second-order valence-corrected chi connectivity index (χ2v) is 10.1. The molecule has 9 nitrogen and oxygen atoms in total. The summed E-state index contributed by atoms with van der Waals surface area (Å²) in [5.74, 6) is 2.26. The molecule has 0 spiro atoms. The molecule has 1 fully saturated rings. The van der Waals surface area contributed by atoms with Crippen LogP contribution in [0.5, 0.6) is 11.5 Å². The first kappa shape index (κ1) is 22.8. The van der Waals surface area contributed by atoms with Crippen LogP contribution in [-0.2, 0) is 12.1 Å². The topological polar surface area (TPSA) is 98.2 Å². The molecule has 1 atom stereocenters.